The predicted octanol–water partition coefficient (Wildman–Crippen LogP) is 4.57. The molecule has 5 nitrogen and oxygen atoms in total. The number of benzene rings is 2. The van der Waals surface area contributed by atoms with Crippen LogP contribution in [0.25, 0.3) is 6.08 Å². The van der Waals surface area contributed by atoms with Crippen molar-refractivity contribution in [1.29, 1.82) is 0 Å². The number of hydrogen-bond donors (Lipinski definition) is 2. The summed E-state index contributed by atoms with van der Waals surface area (Å²) < 4.78 is 0.443. The minimum absolute atomic E-state index is 0.0730. The quantitative estimate of drug-likeness (QED) is 0.525. The highest BCUT2D eigenvalue weighted by atomic mass is 32.2. The number of amides is 2. The summed E-state index contributed by atoms with van der Waals surface area (Å²) in [4.78, 5) is 26.8. The third-order valence-corrected chi connectivity index (χ3v) is 5.50. The van der Waals surface area contributed by atoms with Crippen LogP contribution in [-0.2, 0) is 9.59 Å². The Morgan fingerprint density at radius 2 is 1.97 bits per heavy atom. The van der Waals surface area contributed by atoms with Crippen molar-refractivity contribution < 1.29 is 14.7 Å². The van der Waals surface area contributed by atoms with Crippen LogP contribution in [0.4, 0.5) is 5.69 Å². The lowest BCUT2D eigenvalue weighted by atomic mass is 10.1. The van der Waals surface area contributed by atoms with Crippen LogP contribution in [0, 0.1) is 0 Å². The van der Waals surface area contributed by atoms with Crippen LogP contribution in [0.5, 0.6) is 5.75 Å². The predicted molar refractivity (Wildman–Crippen MR) is 121 cm³/mol. The number of nitrogens with one attached hydrogen (secondary N) is 1. The van der Waals surface area contributed by atoms with Crippen molar-refractivity contribution in [3.05, 3.63) is 76.7 Å². The van der Waals surface area contributed by atoms with E-state index in [9.17, 15) is 14.7 Å². The van der Waals surface area contributed by atoms with Gasteiger partial charge >= 0.3 is 0 Å². The van der Waals surface area contributed by atoms with Crippen molar-refractivity contribution >= 4 is 51.9 Å². The summed E-state index contributed by atoms with van der Waals surface area (Å²) in [5.74, 6) is -0.372. The van der Waals surface area contributed by atoms with Gasteiger partial charge in [0, 0.05) is 24.7 Å². The third kappa shape index (κ3) is 5.79. The second-order valence-corrected chi connectivity index (χ2v) is 8.16. The van der Waals surface area contributed by atoms with Crippen LogP contribution in [-0.4, -0.2) is 32.7 Å². The molecule has 1 saturated heterocycles. The van der Waals surface area contributed by atoms with E-state index >= 15 is 0 Å². The van der Waals surface area contributed by atoms with Crippen LogP contribution < -0.4 is 5.32 Å². The highest BCUT2D eigenvalue weighted by Crippen LogP contribution is 2.32. The van der Waals surface area contributed by atoms with Gasteiger partial charge in [0.25, 0.3) is 5.91 Å². The maximum atomic E-state index is 12.7. The topological polar surface area (TPSA) is 69.6 Å². The Kier molecular flexibility index (Phi) is 6.85. The van der Waals surface area contributed by atoms with Gasteiger partial charge in [-0.15, -0.1) is 0 Å². The molecule has 0 atom stereocenters. The molecule has 3 rings (SSSR count). The molecule has 0 aliphatic carbocycles. The SMILES string of the molecule is CC(=C/c1ccccc1)/C=C1\SC(=S)N(CCC(=O)Nc2cccc(O)c2)C1=O. The molecule has 148 valence electrons. The lowest BCUT2D eigenvalue weighted by molar-refractivity contribution is -0.122. The first-order valence-corrected chi connectivity index (χ1v) is 10.2. The first-order valence-electron chi connectivity index (χ1n) is 9.00. The average molecular weight is 425 g/mol. The Morgan fingerprint density at radius 1 is 1.21 bits per heavy atom. The van der Waals surface area contributed by atoms with Gasteiger partial charge in [0.1, 0.15) is 10.1 Å². The highest BCUT2D eigenvalue weighted by molar-refractivity contribution is 8.26. The van der Waals surface area contributed by atoms with E-state index in [0.29, 0.717) is 14.9 Å². The lowest BCUT2D eigenvalue weighted by Gasteiger charge is -2.14. The number of phenolic OH excluding ortho intramolecular Hbond substituents is 1. The summed E-state index contributed by atoms with van der Waals surface area (Å²) in [6, 6.07) is 16.2. The number of allylic oxidation sites excluding steroid dienone is 2. The van der Waals surface area contributed by atoms with Crippen LogP contribution in [0.1, 0.15) is 18.9 Å². The molecule has 2 aromatic rings. The minimum Gasteiger partial charge on any atom is -0.508 e. The molecular weight excluding hydrogens is 404 g/mol. The van der Waals surface area contributed by atoms with Gasteiger partial charge in [0.2, 0.25) is 5.91 Å². The molecule has 1 aliphatic heterocycles. The molecule has 2 aromatic carbocycles. The fourth-order valence-electron chi connectivity index (χ4n) is 2.77. The Labute approximate surface area is 179 Å². The summed E-state index contributed by atoms with van der Waals surface area (Å²) in [5, 5.41) is 12.2. The van der Waals surface area contributed by atoms with Crippen LogP contribution in [0.15, 0.2) is 71.2 Å². The number of hydrogen-bond acceptors (Lipinski definition) is 5. The molecule has 0 saturated carbocycles. The van der Waals surface area contributed by atoms with E-state index in [4.69, 9.17) is 12.2 Å². The highest BCUT2D eigenvalue weighted by Gasteiger charge is 2.32. The van der Waals surface area contributed by atoms with Gasteiger partial charge in [0.05, 0.1) is 4.91 Å². The molecule has 1 heterocycles. The van der Waals surface area contributed by atoms with Gasteiger partial charge in [-0.25, -0.2) is 0 Å². The number of phenols is 1. The first kappa shape index (κ1) is 20.8. The monoisotopic (exact) mass is 424 g/mol. The van der Waals surface area contributed by atoms with Crippen molar-refractivity contribution in [2.24, 2.45) is 0 Å². The van der Waals surface area contributed by atoms with Crippen LogP contribution >= 0.6 is 24.0 Å². The van der Waals surface area contributed by atoms with Gasteiger partial charge < -0.3 is 10.4 Å². The second kappa shape index (κ2) is 9.54. The fourth-order valence-corrected chi connectivity index (χ4v) is 4.13. The maximum absolute atomic E-state index is 12.7. The molecule has 1 fully saturated rings. The van der Waals surface area contributed by atoms with Crippen LogP contribution in [0.3, 0.4) is 0 Å². The standard InChI is InChI=1S/C22H20N2O3S2/c1-15(12-16-6-3-2-4-7-16)13-19-21(27)24(22(28)29-19)11-10-20(26)23-17-8-5-9-18(25)14-17/h2-9,12-14,25H,10-11H2,1H3,(H,23,26)/b15-12-,19-13-. The Bertz CT molecular complexity index is 1000. The van der Waals surface area contributed by atoms with E-state index in [2.05, 4.69) is 5.32 Å². The van der Waals surface area contributed by atoms with Crippen molar-refractivity contribution in [3.63, 3.8) is 0 Å². The van der Waals surface area contributed by atoms with Crippen molar-refractivity contribution in [1.82, 2.24) is 4.90 Å². The molecular formula is C22H20N2O3S2. The number of rotatable bonds is 6. The number of thioether (sulfide) groups is 1. The number of carbonyl (C=O) groups excluding carboxylic acids is 2. The van der Waals surface area contributed by atoms with Crippen molar-refractivity contribution in [3.8, 4) is 5.75 Å². The Morgan fingerprint density at radius 3 is 2.69 bits per heavy atom. The van der Waals surface area contributed by atoms with Crippen molar-refractivity contribution in [2.45, 2.75) is 13.3 Å². The van der Waals surface area contributed by atoms with E-state index < -0.39 is 0 Å². The largest absolute Gasteiger partial charge is 0.508 e. The minimum atomic E-state index is -0.256. The van der Waals surface area contributed by atoms with E-state index in [0.717, 1.165) is 11.1 Å². The van der Waals surface area contributed by atoms with Gasteiger partial charge in [-0.05, 0) is 36.3 Å². The summed E-state index contributed by atoms with van der Waals surface area (Å²) in [5.41, 5.74) is 2.50. The average Bonchev–Trinajstić information content (AvgIpc) is 2.93. The summed E-state index contributed by atoms with van der Waals surface area (Å²) >= 11 is 6.56. The van der Waals surface area contributed by atoms with E-state index in [1.807, 2.05) is 49.4 Å². The second-order valence-electron chi connectivity index (χ2n) is 6.48. The molecule has 1 aliphatic rings. The zero-order chi connectivity index (χ0) is 20.8. The summed E-state index contributed by atoms with van der Waals surface area (Å²) in [6.07, 6.45) is 3.92. The lowest BCUT2D eigenvalue weighted by Crippen LogP contribution is -2.31. The first-order chi connectivity index (χ1) is 13.9. The third-order valence-electron chi connectivity index (χ3n) is 4.12. The van der Waals surface area contributed by atoms with Gasteiger partial charge in [-0.1, -0.05) is 66.5 Å². The smallest absolute Gasteiger partial charge is 0.266 e. The van der Waals surface area contributed by atoms with Gasteiger partial charge in [0.15, 0.2) is 0 Å². The summed E-state index contributed by atoms with van der Waals surface area (Å²) in [6.45, 7) is 2.14. The fraction of sp³-hybridized carbons (Fsp3) is 0.136. The zero-order valence-corrected chi connectivity index (χ0v) is 17.4. The number of thiocarbonyl (C=S) groups is 1. The number of aromatic hydroxyl groups is 1. The van der Waals surface area contributed by atoms with Gasteiger partial charge in [-0.2, -0.15) is 0 Å². The number of anilines is 1. The van der Waals surface area contributed by atoms with Crippen molar-refractivity contribution in [2.75, 3.05) is 11.9 Å². The molecule has 0 unspecified atom stereocenters. The Hall–Kier alpha value is -2.90. The summed E-state index contributed by atoms with van der Waals surface area (Å²) in [7, 11) is 0. The number of carbonyl (C=O) groups is 2. The van der Waals surface area contributed by atoms with E-state index in [-0.39, 0.29) is 30.5 Å². The molecule has 2 amide bonds. The zero-order valence-electron chi connectivity index (χ0n) is 15.8. The molecule has 29 heavy (non-hydrogen) atoms. The normalized spacial score (nSPS) is 15.8. The molecule has 0 bridgehead atoms. The molecule has 7 heteroatoms. The molecule has 0 spiro atoms. The number of nitrogens with zero attached hydrogens (tertiary/aromatic N) is 1. The molecule has 2 N–H and O–H groups in total. The molecule has 0 aromatic heterocycles. The Balaban J connectivity index is 1.60. The van der Waals surface area contributed by atoms with Crippen LogP contribution in [0.2, 0.25) is 0 Å². The van der Waals surface area contributed by atoms with Gasteiger partial charge in [-0.3, -0.25) is 14.5 Å². The van der Waals surface area contributed by atoms with E-state index in [1.165, 1.54) is 28.8 Å². The molecule has 0 radical (unpaired) electrons. The maximum Gasteiger partial charge on any atom is 0.266 e. The van der Waals surface area contributed by atoms with E-state index in [1.54, 1.807) is 12.1 Å².